The molecule has 1 aliphatic heterocycles. The molecule has 1 aromatic rings. The van der Waals surface area contributed by atoms with Crippen LogP contribution in [-0.2, 0) is 4.79 Å². The van der Waals surface area contributed by atoms with Gasteiger partial charge in [0.1, 0.15) is 0 Å². The third-order valence-corrected chi connectivity index (χ3v) is 6.08. The van der Waals surface area contributed by atoms with Crippen molar-refractivity contribution >= 4 is 11.8 Å². The van der Waals surface area contributed by atoms with E-state index in [1.54, 1.807) is 24.5 Å². The van der Waals surface area contributed by atoms with Gasteiger partial charge in [-0.05, 0) is 62.5 Å². The quantitative estimate of drug-likeness (QED) is 0.697. The fourth-order valence-corrected chi connectivity index (χ4v) is 4.03. The summed E-state index contributed by atoms with van der Waals surface area (Å²) in [6, 6.07) is 4.11. The number of amides is 2. The Morgan fingerprint density at radius 2 is 1.63 bits per heavy atom. The molecule has 0 aromatic carbocycles. The zero-order valence-electron chi connectivity index (χ0n) is 15.9. The van der Waals surface area contributed by atoms with Crippen LogP contribution < -0.4 is 10.6 Å². The summed E-state index contributed by atoms with van der Waals surface area (Å²) in [6.07, 6.45) is 11.1. The van der Waals surface area contributed by atoms with E-state index in [2.05, 4.69) is 20.5 Å². The largest absolute Gasteiger partial charge is 0.356 e. The molecule has 2 atom stereocenters. The summed E-state index contributed by atoms with van der Waals surface area (Å²) in [7, 11) is 0. The number of likely N-dealkylation sites (tertiary alicyclic amines) is 1. The number of rotatable bonds is 9. The van der Waals surface area contributed by atoms with Crippen molar-refractivity contribution in [2.24, 2.45) is 11.8 Å². The smallest absolute Gasteiger partial charge is 0.251 e. The Bertz CT molecular complexity index is 657. The van der Waals surface area contributed by atoms with Crippen LogP contribution in [0, 0.1) is 11.8 Å². The molecule has 1 saturated heterocycles. The minimum Gasteiger partial charge on any atom is -0.356 e. The van der Waals surface area contributed by atoms with Gasteiger partial charge >= 0.3 is 0 Å². The Hall–Kier alpha value is -1.95. The summed E-state index contributed by atoms with van der Waals surface area (Å²) in [4.78, 5) is 31.1. The maximum absolute atomic E-state index is 12.3. The minimum absolute atomic E-state index is 0.0469. The molecule has 0 radical (unpaired) electrons. The Morgan fingerprint density at radius 1 is 0.926 bits per heavy atom. The predicted octanol–water partition coefficient (Wildman–Crippen LogP) is 1.97. The van der Waals surface area contributed by atoms with E-state index in [1.165, 1.54) is 25.7 Å². The molecule has 6 heteroatoms. The molecule has 0 bridgehead atoms. The Balaban J connectivity index is 1.29. The number of hydrogen-bond donors (Lipinski definition) is 2. The van der Waals surface area contributed by atoms with Crippen molar-refractivity contribution in [3.05, 3.63) is 30.1 Å². The summed E-state index contributed by atoms with van der Waals surface area (Å²) < 4.78 is 0. The average molecular weight is 370 g/mol. The monoisotopic (exact) mass is 370 g/mol. The van der Waals surface area contributed by atoms with E-state index in [1.807, 2.05) is 0 Å². The van der Waals surface area contributed by atoms with Gasteiger partial charge in [0.25, 0.3) is 5.91 Å². The highest BCUT2D eigenvalue weighted by molar-refractivity contribution is 5.93. The van der Waals surface area contributed by atoms with Gasteiger partial charge in [0, 0.05) is 56.1 Å². The van der Waals surface area contributed by atoms with Gasteiger partial charge < -0.3 is 10.6 Å². The molecule has 0 unspecified atom stereocenters. The van der Waals surface area contributed by atoms with Crippen LogP contribution in [0.15, 0.2) is 24.5 Å². The fourth-order valence-electron chi connectivity index (χ4n) is 4.03. The lowest BCUT2D eigenvalue weighted by atomic mass is 10.1. The second-order valence-electron chi connectivity index (χ2n) is 8.42. The predicted molar refractivity (Wildman–Crippen MR) is 103 cm³/mol. The fraction of sp³-hybridized carbons (Fsp3) is 0.667. The maximum Gasteiger partial charge on any atom is 0.251 e. The normalized spacial score (nSPS) is 25.3. The van der Waals surface area contributed by atoms with Crippen LogP contribution in [-0.4, -0.2) is 53.4 Å². The zero-order valence-corrected chi connectivity index (χ0v) is 15.9. The van der Waals surface area contributed by atoms with Gasteiger partial charge in [-0.15, -0.1) is 0 Å². The van der Waals surface area contributed by atoms with Gasteiger partial charge in [0.15, 0.2) is 0 Å². The second-order valence-corrected chi connectivity index (χ2v) is 8.42. The molecule has 3 fully saturated rings. The lowest BCUT2D eigenvalue weighted by Gasteiger charge is -2.30. The van der Waals surface area contributed by atoms with Gasteiger partial charge in [-0.3, -0.25) is 19.5 Å². The van der Waals surface area contributed by atoms with Gasteiger partial charge in [-0.2, -0.15) is 0 Å². The first kappa shape index (κ1) is 18.4. The van der Waals surface area contributed by atoms with Crippen molar-refractivity contribution in [1.29, 1.82) is 0 Å². The molecule has 146 valence electrons. The third kappa shape index (κ3) is 5.28. The van der Waals surface area contributed by atoms with Crippen LogP contribution in [0.3, 0.4) is 0 Å². The molecule has 3 aliphatic rings. The first-order valence-electron chi connectivity index (χ1n) is 10.4. The van der Waals surface area contributed by atoms with Crippen molar-refractivity contribution in [3.8, 4) is 0 Å². The number of aromatic nitrogens is 1. The zero-order chi connectivity index (χ0) is 18.6. The van der Waals surface area contributed by atoms with Gasteiger partial charge in [-0.1, -0.05) is 0 Å². The summed E-state index contributed by atoms with van der Waals surface area (Å²) in [5, 5.41) is 6.18. The standard InChI is InChI=1S/C21H30N4O2/c26-20(23-12-15-1-2-15)11-18-5-6-19(25(18)14-16-3-4-16)13-24-21(27)17-7-9-22-10-8-17/h7-10,15-16,18-19H,1-6,11-14H2,(H,23,26)(H,24,27)/t18-,19+/m1/s1. The molecule has 2 amide bonds. The van der Waals surface area contributed by atoms with Crippen molar-refractivity contribution in [3.63, 3.8) is 0 Å². The van der Waals surface area contributed by atoms with Crippen molar-refractivity contribution in [1.82, 2.24) is 20.5 Å². The molecule has 27 heavy (non-hydrogen) atoms. The van der Waals surface area contributed by atoms with Crippen LogP contribution in [0.2, 0.25) is 0 Å². The first-order chi connectivity index (χ1) is 13.2. The molecule has 2 N–H and O–H groups in total. The summed E-state index contributed by atoms with van der Waals surface area (Å²) in [5.41, 5.74) is 0.646. The van der Waals surface area contributed by atoms with E-state index in [4.69, 9.17) is 0 Å². The number of nitrogens with zero attached hydrogens (tertiary/aromatic N) is 2. The van der Waals surface area contributed by atoms with E-state index in [0.717, 1.165) is 37.8 Å². The molecule has 2 saturated carbocycles. The first-order valence-corrected chi connectivity index (χ1v) is 10.4. The lowest BCUT2D eigenvalue weighted by molar-refractivity contribution is -0.122. The molecular weight excluding hydrogens is 340 g/mol. The minimum atomic E-state index is -0.0469. The summed E-state index contributed by atoms with van der Waals surface area (Å²) >= 11 is 0. The SMILES string of the molecule is O=C(C[C@H]1CC[C@@H](CNC(=O)c2ccncc2)N1CC1CC1)NCC1CC1. The highest BCUT2D eigenvalue weighted by Crippen LogP contribution is 2.35. The number of carbonyl (C=O) groups excluding carboxylic acids is 2. The van der Waals surface area contributed by atoms with E-state index >= 15 is 0 Å². The van der Waals surface area contributed by atoms with E-state index < -0.39 is 0 Å². The molecule has 6 nitrogen and oxygen atoms in total. The average Bonchev–Trinajstić information content (AvgIpc) is 3.60. The van der Waals surface area contributed by atoms with Crippen LogP contribution in [0.5, 0.6) is 0 Å². The molecule has 0 spiro atoms. The summed E-state index contributed by atoms with van der Waals surface area (Å²) in [5.74, 6) is 1.64. The van der Waals surface area contributed by atoms with Crippen molar-refractivity contribution < 1.29 is 9.59 Å². The van der Waals surface area contributed by atoms with Crippen LogP contribution in [0.1, 0.15) is 55.3 Å². The van der Waals surface area contributed by atoms with Crippen LogP contribution in [0.25, 0.3) is 0 Å². The highest BCUT2D eigenvalue weighted by atomic mass is 16.2. The lowest BCUT2D eigenvalue weighted by Crippen LogP contribution is -2.45. The Labute approximate surface area is 161 Å². The second kappa shape index (κ2) is 8.38. The number of carbonyl (C=O) groups is 2. The Morgan fingerprint density at radius 3 is 2.33 bits per heavy atom. The van der Waals surface area contributed by atoms with Crippen molar-refractivity contribution in [2.75, 3.05) is 19.6 Å². The number of hydrogen-bond acceptors (Lipinski definition) is 4. The third-order valence-electron chi connectivity index (χ3n) is 6.08. The topological polar surface area (TPSA) is 74.3 Å². The van der Waals surface area contributed by atoms with E-state index in [-0.39, 0.29) is 11.8 Å². The van der Waals surface area contributed by atoms with Crippen molar-refractivity contribution in [2.45, 2.75) is 57.0 Å². The molecular formula is C21H30N4O2. The summed E-state index contributed by atoms with van der Waals surface area (Å²) in [6.45, 7) is 2.56. The molecule has 4 rings (SSSR count). The van der Waals surface area contributed by atoms with Gasteiger partial charge in [0.2, 0.25) is 5.91 Å². The van der Waals surface area contributed by atoms with E-state index in [0.29, 0.717) is 30.6 Å². The van der Waals surface area contributed by atoms with Gasteiger partial charge in [-0.25, -0.2) is 0 Å². The number of nitrogens with one attached hydrogen (secondary N) is 2. The number of pyridine rings is 1. The molecule has 2 heterocycles. The Kier molecular flexibility index (Phi) is 5.72. The van der Waals surface area contributed by atoms with Gasteiger partial charge in [0.05, 0.1) is 0 Å². The van der Waals surface area contributed by atoms with Crippen LogP contribution in [0.4, 0.5) is 0 Å². The maximum atomic E-state index is 12.3. The highest BCUT2D eigenvalue weighted by Gasteiger charge is 2.38. The van der Waals surface area contributed by atoms with Crippen LogP contribution >= 0.6 is 0 Å². The molecule has 2 aliphatic carbocycles. The van der Waals surface area contributed by atoms with E-state index in [9.17, 15) is 9.59 Å². The molecule has 1 aromatic heterocycles.